The van der Waals surface area contributed by atoms with E-state index in [0.29, 0.717) is 11.3 Å². The first kappa shape index (κ1) is 14.5. The molecule has 0 aromatic heterocycles. The van der Waals surface area contributed by atoms with Gasteiger partial charge < -0.3 is 10.6 Å². The van der Waals surface area contributed by atoms with Crippen LogP contribution in [0.3, 0.4) is 0 Å². The molecule has 1 rings (SSSR count). The minimum Gasteiger partial charge on any atom is -0.341 e. The van der Waals surface area contributed by atoms with Gasteiger partial charge in [0.25, 0.3) is 5.91 Å². The van der Waals surface area contributed by atoms with Crippen molar-refractivity contribution in [3.63, 3.8) is 0 Å². The molecule has 19 heavy (non-hydrogen) atoms. The fraction of sp³-hybridized carbons (Fsp3) is 0.200. The van der Waals surface area contributed by atoms with E-state index in [1.165, 1.54) is 6.08 Å². The summed E-state index contributed by atoms with van der Waals surface area (Å²) in [5, 5.41) is 5.23. The van der Waals surface area contributed by atoms with Crippen molar-refractivity contribution in [3.8, 4) is 12.3 Å². The minimum atomic E-state index is -0.314. The summed E-state index contributed by atoms with van der Waals surface area (Å²) in [7, 11) is 0. The van der Waals surface area contributed by atoms with Crippen molar-refractivity contribution in [2.45, 2.75) is 13.8 Å². The number of carbonyl (C=O) groups is 2. The van der Waals surface area contributed by atoms with Crippen LogP contribution in [-0.4, -0.2) is 18.4 Å². The maximum atomic E-state index is 11.9. The topological polar surface area (TPSA) is 58.2 Å². The summed E-state index contributed by atoms with van der Waals surface area (Å²) in [6.45, 7) is 3.80. The largest absolute Gasteiger partial charge is 0.341 e. The van der Waals surface area contributed by atoms with E-state index in [9.17, 15) is 9.59 Å². The number of nitrogens with one attached hydrogen (secondary N) is 2. The second-order valence-corrected chi connectivity index (χ2v) is 4.14. The molecule has 0 heterocycles. The minimum absolute atomic E-state index is 0.148. The Morgan fingerprint density at radius 2 is 2.00 bits per heavy atom. The molecule has 0 unspecified atom stereocenters. The molecular weight excluding hydrogens is 240 g/mol. The lowest BCUT2D eigenvalue weighted by Crippen LogP contribution is -2.25. The Labute approximate surface area is 112 Å². The molecule has 0 saturated heterocycles. The lowest BCUT2D eigenvalue weighted by atomic mass is 10.1. The van der Waals surface area contributed by atoms with Gasteiger partial charge in [-0.25, -0.2) is 0 Å². The number of allylic oxidation sites excluding steroid dienone is 1. The van der Waals surface area contributed by atoms with Crippen molar-refractivity contribution in [2.75, 3.05) is 11.9 Å². The number of hydrogen-bond donors (Lipinski definition) is 2. The van der Waals surface area contributed by atoms with Gasteiger partial charge in [0.1, 0.15) is 0 Å². The van der Waals surface area contributed by atoms with Crippen LogP contribution in [-0.2, 0) is 4.79 Å². The van der Waals surface area contributed by atoms with Crippen LogP contribution in [0.1, 0.15) is 24.2 Å². The lowest BCUT2D eigenvalue weighted by Gasteiger charge is -2.09. The van der Waals surface area contributed by atoms with Gasteiger partial charge in [-0.05, 0) is 26.0 Å². The van der Waals surface area contributed by atoms with Crippen LogP contribution < -0.4 is 10.6 Å². The molecule has 4 heteroatoms. The van der Waals surface area contributed by atoms with Crippen LogP contribution >= 0.6 is 0 Å². The summed E-state index contributed by atoms with van der Waals surface area (Å²) in [6.07, 6.45) is 6.55. The van der Waals surface area contributed by atoms with Gasteiger partial charge in [0.05, 0.1) is 17.8 Å². The third kappa shape index (κ3) is 4.68. The Bertz CT molecular complexity index is 550. The Morgan fingerprint density at radius 1 is 1.32 bits per heavy atom. The summed E-state index contributed by atoms with van der Waals surface area (Å²) in [5.74, 6) is 1.75. The van der Waals surface area contributed by atoms with Crippen molar-refractivity contribution in [1.82, 2.24) is 5.32 Å². The molecular formula is C15H16N2O2. The molecule has 0 spiro atoms. The molecule has 4 nitrogen and oxygen atoms in total. The fourth-order valence-electron chi connectivity index (χ4n) is 1.45. The van der Waals surface area contributed by atoms with Gasteiger partial charge in [-0.1, -0.05) is 23.6 Å². The molecule has 0 atom stereocenters. The molecule has 0 aliphatic rings. The maximum absolute atomic E-state index is 11.9. The first-order chi connectivity index (χ1) is 9.04. The van der Waals surface area contributed by atoms with Crippen LogP contribution in [0.4, 0.5) is 5.69 Å². The maximum Gasteiger partial charge on any atom is 0.254 e. The van der Waals surface area contributed by atoms with Crippen molar-refractivity contribution < 1.29 is 9.59 Å². The van der Waals surface area contributed by atoms with Crippen molar-refractivity contribution in [1.29, 1.82) is 0 Å². The highest BCUT2D eigenvalue weighted by atomic mass is 16.2. The zero-order valence-corrected chi connectivity index (χ0v) is 11.0. The van der Waals surface area contributed by atoms with Crippen LogP contribution in [0.5, 0.6) is 0 Å². The molecule has 0 bridgehead atoms. The molecule has 0 saturated carbocycles. The Kier molecular flexibility index (Phi) is 5.36. The van der Waals surface area contributed by atoms with Crippen molar-refractivity contribution in [2.24, 2.45) is 0 Å². The predicted molar refractivity (Wildman–Crippen MR) is 75.7 cm³/mol. The van der Waals surface area contributed by atoms with Crippen LogP contribution in [0.15, 0.2) is 35.9 Å². The summed E-state index contributed by atoms with van der Waals surface area (Å²) >= 11 is 0. The number of para-hydroxylation sites is 1. The molecule has 1 aromatic carbocycles. The van der Waals surface area contributed by atoms with E-state index in [-0.39, 0.29) is 18.4 Å². The number of hydrogen-bond acceptors (Lipinski definition) is 2. The summed E-state index contributed by atoms with van der Waals surface area (Å²) in [5.41, 5.74) is 1.72. The lowest BCUT2D eigenvalue weighted by molar-refractivity contribution is -0.111. The molecule has 0 radical (unpaired) electrons. The van der Waals surface area contributed by atoms with E-state index in [0.717, 1.165) is 5.57 Å². The smallest absolute Gasteiger partial charge is 0.254 e. The highest BCUT2D eigenvalue weighted by molar-refractivity contribution is 6.06. The number of benzene rings is 1. The monoisotopic (exact) mass is 256 g/mol. The van der Waals surface area contributed by atoms with E-state index in [1.54, 1.807) is 24.3 Å². The zero-order valence-electron chi connectivity index (χ0n) is 11.0. The van der Waals surface area contributed by atoms with E-state index in [2.05, 4.69) is 16.6 Å². The van der Waals surface area contributed by atoms with Crippen LogP contribution in [0.25, 0.3) is 0 Å². The third-order valence-corrected chi connectivity index (χ3v) is 2.20. The van der Waals surface area contributed by atoms with Gasteiger partial charge >= 0.3 is 0 Å². The molecule has 2 amide bonds. The highest BCUT2D eigenvalue weighted by Crippen LogP contribution is 2.15. The summed E-state index contributed by atoms with van der Waals surface area (Å²) in [6, 6.07) is 6.77. The van der Waals surface area contributed by atoms with Gasteiger partial charge in [0, 0.05) is 6.08 Å². The highest BCUT2D eigenvalue weighted by Gasteiger charge is 2.11. The number of rotatable bonds is 4. The SMILES string of the molecule is C#CCNC(=O)c1ccccc1NC(=O)C=C(C)C. The molecule has 98 valence electrons. The number of amides is 2. The number of carbonyl (C=O) groups excluding carboxylic acids is 2. The Balaban J connectivity index is 2.90. The van der Waals surface area contributed by atoms with E-state index in [4.69, 9.17) is 6.42 Å². The number of anilines is 1. The quantitative estimate of drug-likeness (QED) is 0.639. The predicted octanol–water partition coefficient (Wildman–Crippen LogP) is 1.95. The van der Waals surface area contributed by atoms with Crippen molar-refractivity contribution >= 4 is 17.5 Å². The first-order valence-electron chi connectivity index (χ1n) is 5.81. The van der Waals surface area contributed by atoms with Crippen molar-refractivity contribution in [3.05, 3.63) is 41.5 Å². The van der Waals surface area contributed by atoms with E-state index in [1.807, 2.05) is 13.8 Å². The third-order valence-electron chi connectivity index (χ3n) is 2.20. The van der Waals surface area contributed by atoms with Gasteiger partial charge in [-0.15, -0.1) is 6.42 Å². The Hall–Kier alpha value is -2.54. The Morgan fingerprint density at radius 3 is 2.63 bits per heavy atom. The molecule has 2 N–H and O–H groups in total. The van der Waals surface area contributed by atoms with Gasteiger partial charge in [0.2, 0.25) is 5.91 Å². The summed E-state index contributed by atoms with van der Waals surface area (Å²) in [4.78, 5) is 23.5. The van der Waals surface area contributed by atoms with E-state index >= 15 is 0 Å². The first-order valence-corrected chi connectivity index (χ1v) is 5.81. The molecule has 0 aliphatic heterocycles. The van der Waals surface area contributed by atoms with Crippen LogP contribution in [0.2, 0.25) is 0 Å². The van der Waals surface area contributed by atoms with Gasteiger partial charge in [-0.3, -0.25) is 9.59 Å². The second-order valence-electron chi connectivity index (χ2n) is 4.14. The van der Waals surface area contributed by atoms with Gasteiger partial charge in [0.15, 0.2) is 0 Å². The van der Waals surface area contributed by atoms with E-state index < -0.39 is 0 Å². The second kappa shape index (κ2) is 7.02. The standard InChI is InChI=1S/C15H16N2O2/c1-4-9-16-15(19)12-7-5-6-8-13(12)17-14(18)10-11(2)3/h1,5-8,10H,9H2,2-3H3,(H,16,19)(H,17,18). The molecule has 0 aliphatic carbocycles. The average molecular weight is 256 g/mol. The number of terminal acetylenes is 1. The van der Waals surface area contributed by atoms with Gasteiger partial charge in [-0.2, -0.15) is 0 Å². The summed E-state index contributed by atoms with van der Waals surface area (Å²) < 4.78 is 0. The normalized spacial score (nSPS) is 9.11. The fourth-order valence-corrected chi connectivity index (χ4v) is 1.45. The zero-order chi connectivity index (χ0) is 14.3. The van der Waals surface area contributed by atoms with Crippen LogP contribution in [0, 0.1) is 12.3 Å². The molecule has 0 fully saturated rings. The average Bonchev–Trinajstić information content (AvgIpc) is 2.35. The molecule has 1 aromatic rings.